The van der Waals surface area contributed by atoms with Gasteiger partial charge in [-0.05, 0) is 74.2 Å². The number of hydrogen-bond acceptors (Lipinski definition) is 2. The van der Waals surface area contributed by atoms with Crippen molar-refractivity contribution in [2.24, 2.45) is 34.5 Å². The van der Waals surface area contributed by atoms with E-state index in [-0.39, 0.29) is 0 Å². The van der Waals surface area contributed by atoms with E-state index in [1.807, 2.05) is 6.08 Å². The predicted molar refractivity (Wildman–Crippen MR) is 89.6 cm³/mol. The van der Waals surface area contributed by atoms with Crippen molar-refractivity contribution < 1.29 is 9.53 Å². The molecule has 6 atom stereocenters. The number of ketones is 1. The molecule has 1 spiro atoms. The molecular weight excluding hydrogens is 284 g/mol. The fourth-order valence-electron chi connectivity index (χ4n) is 7.46. The monoisotopic (exact) mass is 312 g/mol. The van der Waals surface area contributed by atoms with Crippen LogP contribution in [0.25, 0.3) is 0 Å². The minimum Gasteiger partial charge on any atom is -0.498 e. The lowest BCUT2D eigenvalue weighted by atomic mass is 9.47. The standard InChI is InChI=1S/C21H28O2/c1-13-17-5-6-19-16-4-3-14-11-15(22)7-9-20(14,2)18(16)8-10-21(17,19)12-23-13/h11,16-19H,1,3-10,12H2,2H3/t16-,17-,18+,19+,20+,21+/m1/s1. The highest BCUT2D eigenvalue weighted by Gasteiger charge is 2.63. The van der Waals surface area contributed by atoms with E-state index in [4.69, 9.17) is 4.74 Å². The smallest absolute Gasteiger partial charge is 0.155 e. The summed E-state index contributed by atoms with van der Waals surface area (Å²) in [6.45, 7) is 7.61. The molecule has 5 aliphatic rings. The second kappa shape index (κ2) is 4.52. The van der Waals surface area contributed by atoms with E-state index >= 15 is 0 Å². The molecule has 0 bridgehead atoms. The van der Waals surface area contributed by atoms with Crippen LogP contribution in [0.1, 0.15) is 58.3 Å². The van der Waals surface area contributed by atoms with E-state index in [1.165, 1.54) is 37.7 Å². The molecule has 2 nitrogen and oxygen atoms in total. The largest absolute Gasteiger partial charge is 0.498 e. The van der Waals surface area contributed by atoms with Gasteiger partial charge in [-0.3, -0.25) is 4.79 Å². The molecule has 1 aliphatic heterocycles. The van der Waals surface area contributed by atoms with E-state index in [0.29, 0.717) is 22.5 Å². The molecule has 0 N–H and O–H groups in total. The van der Waals surface area contributed by atoms with Crippen molar-refractivity contribution in [3.05, 3.63) is 24.0 Å². The summed E-state index contributed by atoms with van der Waals surface area (Å²) in [7, 11) is 0. The molecule has 2 heteroatoms. The highest BCUT2D eigenvalue weighted by molar-refractivity contribution is 5.91. The Kier molecular flexibility index (Phi) is 2.81. The van der Waals surface area contributed by atoms with Gasteiger partial charge in [0.25, 0.3) is 0 Å². The Labute approximate surface area is 139 Å². The van der Waals surface area contributed by atoms with Crippen molar-refractivity contribution >= 4 is 5.78 Å². The summed E-state index contributed by atoms with van der Waals surface area (Å²) >= 11 is 0. The van der Waals surface area contributed by atoms with Crippen LogP contribution < -0.4 is 0 Å². The fourth-order valence-corrected chi connectivity index (χ4v) is 7.46. The average molecular weight is 312 g/mol. The molecule has 0 radical (unpaired) electrons. The van der Waals surface area contributed by atoms with Gasteiger partial charge in [0.15, 0.2) is 5.78 Å². The maximum absolute atomic E-state index is 11.9. The quantitative estimate of drug-likeness (QED) is 0.650. The lowest BCUT2D eigenvalue weighted by Crippen LogP contribution is -2.51. The number of carbonyl (C=O) groups excluding carboxylic acids is 1. The molecule has 3 saturated carbocycles. The number of rotatable bonds is 0. The van der Waals surface area contributed by atoms with Gasteiger partial charge in [0.1, 0.15) is 0 Å². The molecule has 0 aromatic rings. The highest BCUT2D eigenvalue weighted by atomic mass is 16.5. The fraction of sp³-hybridized carbons (Fsp3) is 0.762. The Morgan fingerprint density at radius 2 is 2.00 bits per heavy atom. The van der Waals surface area contributed by atoms with E-state index in [0.717, 1.165) is 49.4 Å². The second-order valence-corrected chi connectivity index (χ2v) is 9.13. The van der Waals surface area contributed by atoms with E-state index in [1.54, 1.807) is 0 Å². The first-order valence-corrected chi connectivity index (χ1v) is 9.60. The first-order chi connectivity index (χ1) is 11.0. The molecule has 0 amide bonds. The first kappa shape index (κ1) is 14.3. The van der Waals surface area contributed by atoms with Gasteiger partial charge in [-0.25, -0.2) is 0 Å². The topological polar surface area (TPSA) is 26.3 Å². The Balaban J connectivity index is 1.51. The van der Waals surface area contributed by atoms with Gasteiger partial charge in [-0.15, -0.1) is 0 Å². The summed E-state index contributed by atoms with van der Waals surface area (Å²) in [5.41, 5.74) is 2.19. The van der Waals surface area contributed by atoms with Crippen LogP contribution in [0, 0.1) is 34.5 Å². The molecule has 4 fully saturated rings. The molecule has 4 aliphatic carbocycles. The minimum atomic E-state index is 0.299. The van der Waals surface area contributed by atoms with Gasteiger partial charge in [-0.2, -0.15) is 0 Å². The zero-order valence-electron chi connectivity index (χ0n) is 14.3. The van der Waals surface area contributed by atoms with Crippen LogP contribution in [0.4, 0.5) is 0 Å². The highest BCUT2D eigenvalue weighted by Crippen LogP contribution is 2.69. The summed E-state index contributed by atoms with van der Waals surface area (Å²) < 4.78 is 5.96. The van der Waals surface area contributed by atoms with Gasteiger partial charge >= 0.3 is 0 Å². The summed E-state index contributed by atoms with van der Waals surface area (Å²) in [5, 5.41) is 0. The second-order valence-electron chi connectivity index (χ2n) is 9.13. The SMILES string of the molecule is C=C1OC[C@]23CC[C@H]4[C@@H](CCC5=CC(=O)CC[C@@]54C)[C@@H]2CC[C@H]13. The Morgan fingerprint density at radius 3 is 2.87 bits per heavy atom. The molecule has 0 aromatic heterocycles. The molecule has 0 aromatic carbocycles. The van der Waals surface area contributed by atoms with E-state index in [9.17, 15) is 4.79 Å². The van der Waals surface area contributed by atoms with Crippen molar-refractivity contribution in [2.45, 2.75) is 58.3 Å². The van der Waals surface area contributed by atoms with Crippen LogP contribution in [0.5, 0.6) is 0 Å². The minimum absolute atomic E-state index is 0.299. The van der Waals surface area contributed by atoms with Crippen molar-refractivity contribution in [2.75, 3.05) is 6.61 Å². The Morgan fingerprint density at radius 1 is 1.13 bits per heavy atom. The number of ether oxygens (including phenoxy) is 1. The van der Waals surface area contributed by atoms with Crippen LogP contribution in [-0.4, -0.2) is 12.4 Å². The van der Waals surface area contributed by atoms with Crippen LogP contribution in [-0.2, 0) is 9.53 Å². The van der Waals surface area contributed by atoms with E-state index in [2.05, 4.69) is 13.5 Å². The van der Waals surface area contributed by atoms with Crippen LogP contribution >= 0.6 is 0 Å². The average Bonchev–Trinajstić information content (AvgIpc) is 3.06. The molecule has 124 valence electrons. The zero-order chi connectivity index (χ0) is 15.8. The van der Waals surface area contributed by atoms with Gasteiger partial charge in [-0.1, -0.05) is 19.1 Å². The van der Waals surface area contributed by atoms with Crippen molar-refractivity contribution in [1.29, 1.82) is 0 Å². The molecule has 23 heavy (non-hydrogen) atoms. The molecule has 0 unspecified atom stereocenters. The molecule has 1 heterocycles. The lowest BCUT2D eigenvalue weighted by Gasteiger charge is -2.57. The molecular formula is C21H28O2. The first-order valence-electron chi connectivity index (χ1n) is 9.60. The van der Waals surface area contributed by atoms with Crippen molar-refractivity contribution in [3.63, 3.8) is 0 Å². The maximum atomic E-state index is 11.9. The van der Waals surface area contributed by atoms with Gasteiger partial charge in [0.05, 0.1) is 12.4 Å². The summed E-state index contributed by atoms with van der Waals surface area (Å²) in [6.07, 6.45) is 11.6. The maximum Gasteiger partial charge on any atom is 0.155 e. The van der Waals surface area contributed by atoms with Gasteiger partial charge in [0.2, 0.25) is 0 Å². The number of fused-ring (bicyclic) bond motifs is 4. The van der Waals surface area contributed by atoms with Crippen molar-refractivity contribution in [3.8, 4) is 0 Å². The normalized spacial score (nSPS) is 51.3. The zero-order valence-corrected chi connectivity index (χ0v) is 14.3. The number of carbonyl (C=O) groups is 1. The van der Waals surface area contributed by atoms with E-state index < -0.39 is 0 Å². The van der Waals surface area contributed by atoms with Gasteiger partial charge in [0, 0.05) is 17.8 Å². The summed E-state index contributed by atoms with van der Waals surface area (Å²) in [4.78, 5) is 11.9. The Hall–Kier alpha value is -1.05. The van der Waals surface area contributed by atoms with Crippen molar-refractivity contribution in [1.82, 2.24) is 0 Å². The van der Waals surface area contributed by atoms with Crippen LogP contribution in [0.2, 0.25) is 0 Å². The Bertz CT molecular complexity index is 617. The van der Waals surface area contributed by atoms with Gasteiger partial charge < -0.3 is 4.74 Å². The lowest BCUT2D eigenvalue weighted by molar-refractivity contribution is -0.117. The number of hydrogen-bond donors (Lipinski definition) is 0. The number of allylic oxidation sites excluding steroid dienone is 2. The van der Waals surface area contributed by atoms with Crippen LogP contribution in [0.15, 0.2) is 24.0 Å². The third-order valence-corrected chi connectivity index (χ3v) is 8.59. The summed E-state index contributed by atoms with van der Waals surface area (Å²) in [5.74, 6) is 4.55. The van der Waals surface area contributed by atoms with Crippen LogP contribution in [0.3, 0.4) is 0 Å². The molecule has 5 rings (SSSR count). The third kappa shape index (κ3) is 1.68. The summed E-state index contributed by atoms with van der Waals surface area (Å²) in [6, 6.07) is 0. The third-order valence-electron chi connectivity index (χ3n) is 8.59. The molecule has 1 saturated heterocycles. The predicted octanol–water partition coefficient (Wildman–Crippen LogP) is 4.66.